The van der Waals surface area contributed by atoms with Gasteiger partial charge in [0.15, 0.2) is 0 Å². The number of carbonyl (C=O) groups excluding carboxylic acids is 1. The first-order chi connectivity index (χ1) is 10.6. The van der Waals surface area contributed by atoms with Crippen molar-refractivity contribution >= 4 is 39.2 Å². The normalized spacial score (nSPS) is 10.1. The molecule has 0 radical (unpaired) electrons. The third-order valence-electron chi connectivity index (χ3n) is 2.80. The molecular weight excluding hydrogens is 368 g/mol. The highest BCUT2D eigenvalue weighted by atomic mass is 79.9. The number of para-hydroxylation sites is 1. The van der Waals surface area contributed by atoms with E-state index in [1.54, 1.807) is 6.07 Å². The average Bonchev–Trinajstić information content (AvgIpc) is 2.51. The van der Waals surface area contributed by atoms with Gasteiger partial charge in [-0.15, -0.1) is 0 Å². The lowest BCUT2D eigenvalue weighted by atomic mass is 10.3. The molecular formula is C16H16BrClN2O2. The van der Waals surface area contributed by atoms with Gasteiger partial charge >= 0.3 is 6.03 Å². The van der Waals surface area contributed by atoms with Gasteiger partial charge < -0.3 is 15.4 Å². The van der Waals surface area contributed by atoms with Crippen molar-refractivity contribution in [1.29, 1.82) is 0 Å². The molecule has 4 nitrogen and oxygen atoms in total. The van der Waals surface area contributed by atoms with Crippen molar-refractivity contribution in [1.82, 2.24) is 5.32 Å². The minimum atomic E-state index is -0.236. The molecule has 0 saturated heterocycles. The van der Waals surface area contributed by atoms with Crippen LogP contribution in [0.1, 0.15) is 6.42 Å². The molecule has 0 heterocycles. The number of nitrogens with one attached hydrogen (secondary N) is 2. The molecule has 0 aliphatic carbocycles. The Morgan fingerprint density at radius 2 is 1.86 bits per heavy atom. The molecule has 2 aromatic carbocycles. The lowest BCUT2D eigenvalue weighted by Gasteiger charge is -2.09. The smallest absolute Gasteiger partial charge is 0.319 e. The Balaban J connectivity index is 1.63. The van der Waals surface area contributed by atoms with E-state index in [-0.39, 0.29) is 6.03 Å². The maximum atomic E-state index is 11.7. The number of ether oxygens (including phenoxy) is 1. The fraction of sp³-hybridized carbons (Fsp3) is 0.188. The summed E-state index contributed by atoms with van der Waals surface area (Å²) in [5, 5.41) is 6.11. The first kappa shape index (κ1) is 16.6. The van der Waals surface area contributed by atoms with E-state index in [4.69, 9.17) is 16.3 Å². The topological polar surface area (TPSA) is 50.4 Å². The largest absolute Gasteiger partial charge is 0.492 e. The monoisotopic (exact) mass is 382 g/mol. The summed E-state index contributed by atoms with van der Waals surface area (Å²) in [6, 6.07) is 14.5. The van der Waals surface area contributed by atoms with Gasteiger partial charge in [0.2, 0.25) is 0 Å². The van der Waals surface area contributed by atoms with Gasteiger partial charge in [0.25, 0.3) is 0 Å². The molecule has 0 bridgehead atoms. The fourth-order valence-corrected chi connectivity index (χ4v) is 2.18. The van der Waals surface area contributed by atoms with Crippen molar-refractivity contribution in [2.24, 2.45) is 0 Å². The molecule has 0 fully saturated rings. The maximum Gasteiger partial charge on any atom is 0.319 e. The highest BCUT2D eigenvalue weighted by Gasteiger charge is 2.02. The van der Waals surface area contributed by atoms with Crippen molar-refractivity contribution in [2.75, 3.05) is 18.5 Å². The molecule has 0 aliphatic heterocycles. The Hall–Kier alpha value is -1.72. The quantitative estimate of drug-likeness (QED) is 0.711. The van der Waals surface area contributed by atoms with Crippen molar-refractivity contribution in [3.8, 4) is 5.75 Å². The Morgan fingerprint density at radius 3 is 2.59 bits per heavy atom. The predicted molar refractivity (Wildman–Crippen MR) is 92.7 cm³/mol. The Bertz CT molecular complexity index is 620. The van der Waals surface area contributed by atoms with E-state index in [0.717, 1.165) is 10.2 Å². The third-order valence-corrected chi connectivity index (χ3v) is 3.64. The molecule has 0 saturated carbocycles. The second-order valence-electron chi connectivity index (χ2n) is 4.52. The molecule has 6 heteroatoms. The van der Waals surface area contributed by atoms with Gasteiger partial charge in [-0.05, 0) is 42.8 Å². The first-order valence-corrected chi connectivity index (χ1v) is 8.00. The van der Waals surface area contributed by atoms with E-state index in [1.807, 2.05) is 42.5 Å². The second-order valence-corrected chi connectivity index (χ2v) is 5.84. The number of amides is 2. The predicted octanol–water partition coefficient (Wildman–Crippen LogP) is 4.69. The molecule has 116 valence electrons. The van der Waals surface area contributed by atoms with Crippen LogP contribution in [0.2, 0.25) is 5.02 Å². The number of urea groups is 1. The van der Waals surface area contributed by atoms with E-state index >= 15 is 0 Å². The fourth-order valence-electron chi connectivity index (χ4n) is 1.73. The van der Waals surface area contributed by atoms with Gasteiger partial charge in [0.1, 0.15) is 5.75 Å². The SMILES string of the molecule is O=C(NCCCOc1ccccc1Cl)Nc1ccc(Br)cc1. The number of rotatable bonds is 6. The maximum absolute atomic E-state index is 11.7. The average molecular weight is 384 g/mol. The van der Waals surface area contributed by atoms with Crippen LogP contribution in [0.4, 0.5) is 10.5 Å². The van der Waals surface area contributed by atoms with Crippen LogP contribution in [0.15, 0.2) is 53.0 Å². The standard InChI is InChI=1S/C16H16BrClN2O2/c17-12-6-8-13(9-7-12)20-16(21)19-10-3-11-22-15-5-2-1-4-14(15)18/h1-2,4-9H,3,10-11H2,(H2,19,20,21). The van der Waals surface area contributed by atoms with Crippen LogP contribution in [0.3, 0.4) is 0 Å². The molecule has 2 amide bonds. The summed E-state index contributed by atoms with van der Waals surface area (Å²) in [6.07, 6.45) is 0.693. The van der Waals surface area contributed by atoms with Gasteiger partial charge in [-0.25, -0.2) is 4.79 Å². The summed E-state index contributed by atoms with van der Waals surface area (Å²) in [5.74, 6) is 0.656. The van der Waals surface area contributed by atoms with E-state index in [1.165, 1.54) is 0 Å². The second kappa shape index (κ2) is 8.66. The van der Waals surface area contributed by atoms with Crippen LogP contribution < -0.4 is 15.4 Å². The van der Waals surface area contributed by atoms with Gasteiger partial charge in [-0.2, -0.15) is 0 Å². The van der Waals surface area contributed by atoms with Crippen molar-refractivity contribution in [3.05, 3.63) is 58.0 Å². The summed E-state index contributed by atoms with van der Waals surface area (Å²) in [5.41, 5.74) is 0.744. The minimum Gasteiger partial charge on any atom is -0.492 e. The van der Waals surface area contributed by atoms with E-state index < -0.39 is 0 Å². The van der Waals surface area contributed by atoms with Gasteiger partial charge in [-0.1, -0.05) is 39.7 Å². The van der Waals surface area contributed by atoms with E-state index in [9.17, 15) is 4.79 Å². The van der Waals surface area contributed by atoms with Gasteiger partial charge in [0, 0.05) is 16.7 Å². The van der Waals surface area contributed by atoms with Gasteiger partial charge in [-0.3, -0.25) is 0 Å². The van der Waals surface area contributed by atoms with Crippen molar-refractivity contribution < 1.29 is 9.53 Å². The lowest BCUT2D eigenvalue weighted by Crippen LogP contribution is -2.30. The molecule has 2 rings (SSSR count). The summed E-state index contributed by atoms with van der Waals surface area (Å²) in [7, 11) is 0. The summed E-state index contributed by atoms with van der Waals surface area (Å²) >= 11 is 9.32. The number of anilines is 1. The molecule has 0 aromatic heterocycles. The van der Waals surface area contributed by atoms with E-state index in [2.05, 4.69) is 26.6 Å². The number of benzene rings is 2. The molecule has 0 unspecified atom stereocenters. The number of carbonyl (C=O) groups is 1. The van der Waals surface area contributed by atoms with E-state index in [0.29, 0.717) is 30.3 Å². The number of hydrogen-bond donors (Lipinski definition) is 2. The van der Waals surface area contributed by atoms with Crippen LogP contribution in [-0.4, -0.2) is 19.2 Å². The van der Waals surface area contributed by atoms with Crippen LogP contribution in [0.5, 0.6) is 5.75 Å². The molecule has 22 heavy (non-hydrogen) atoms. The zero-order chi connectivity index (χ0) is 15.8. The Morgan fingerprint density at radius 1 is 1.14 bits per heavy atom. The molecule has 2 N–H and O–H groups in total. The van der Waals surface area contributed by atoms with Crippen LogP contribution >= 0.6 is 27.5 Å². The highest BCUT2D eigenvalue weighted by Crippen LogP contribution is 2.22. The molecule has 2 aromatic rings. The molecule has 0 aliphatic rings. The summed E-state index contributed by atoms with van der Waals surface area (Å²) in [6.45, 7) is 1.01. The van der Waals surface area contributed by atoms with Crippen LogP contribution in [-0.2, 0) is 0 Å². The minimum absolute atomic E-state index is 0.236. The molecule has 0 spiro atoms. The van der Waals surface area contributed by atoms with Crippen molar-refractivity contribution in [3.63, 3.8) is 0 Å². The zero-order valence-electron chi connectivity index (χ0n) is 11.8. The van der Waals surface area contributed by atoms with Crippen LogP contribution in [0.25, 0.3) is 0 Å². The highest BCUT2D eigenvalue weighted by molar-refractivity contribution is 9.10. The third kappa shape index (κ3) is 5.58. The Labute approximate surface area is 142 Å². The Kier molecular flexibility index (Phi) is 6.55. The first-order valence-electron chi connectivity index (χ1n) is 6.83. The van der Waals surface area contributed by atoms with Crippen LogP contribution in [0, 0.1) is 0 Å². The van der Waals surface area contributed by atoms with Crippen molar-refractivity contribution in [2.45, 2.75) is 6.42 Å². The van der Waals surface area contributed by atoms with Gasteiger partial charge in [0.05, 0.1) is 11.6 Å². The lowest BCUT2D eigenvalue weighted by molar-refractivity contribution is 0.250. The summed E-state index contributed by atoms with van der Waals surface area (Å²) < 4.78 is 6.51. The summed E-state index contributed by atoms with van der Waals surface area (Å²) in [4.78, 5) is 11.7. The molecule has 0 atom stereocenters. The number of hydrogen-bond acceptors (Lipinski definition) is 2. The number of halogens is 2. The zero-order valence-corrected chi connectivity index (χ0v) is 14.2.